The predicted octanol–water partition coefficient (Wildman–Crippen LogP) is 3.41. The van der Waals surface area contributed by atoms with Crippen LogP contribution in [0.3, 0.4) is 0 Å². The molecule has 0 radical (unpaired) electrons. The fraction of sp³-hybridized carbons (Fsp3) is 0.167. The van der Waals surface area contributed by atoms with Gasteiger partial charge in [0.1, 0.15) is 0 Å². The van der Waals surface area contributed by atoms with E-state index in [1.807, 2.05) is 24.3 Å². The first kappa shape index (κ1) is 13.6. The Morgan fingerprint density at radius 3 is 3.00 bits per heavy atom. The highest BCUT2D eigenvalue weighted by Crippen LogP contribution is 2.28. The van der Waals surface area contributed by atoms with E-state index in [0.717, 1.165) is 19.0 Å². The first-order chi connectivity index (χ1) is 8.65. The van der Waals surface area contributed by atoms with Crippen molar-refractivity contribution in [3.63, 3.8) is 0 Å². The van der Waals surface area contributed by atoms with Crippen molar-refractivity contribution in [2.75, 3.05) is 12.3 Å². The molecule has 1 aromatic carbocycles. The van der Waals surface area contributed by atoms with Gasteiger partial charge >= 0.3 is 0 Å². The third-order valence-electron chi connectivity index (χ3n) is 2.08. The molecule has 0 saturated heterocycles. The van der Waals surface area contributed by atoms with E-state index >= 15 is 0 Å². The molecule has 2 aromatic rings. The van der Waals surface area contributed by atoms with Crippen LogP contribution in [0.2, 0.25) is 0 Å². The number of carbonyl (C=O) groups excluding carboxylic acids is 1. The Morgan fingerprint density at radius 2 is 2.28 bits per heavy atom. The van der Waals surface area contributed by atoms with Crippen molar-refractivity contribution in [1.82, 2.24) is 10.3 Å². The van der Waals surface area contributed by atoms with Crippen LogP contribution in [0.1, 0.15) is 0 Å². The zero-order valence-corrected chi connectivity index (χ0v) is 12.7. The molecule has 0 saturated carbocycles. The second-order valence-corrected chi connectivity index (χ2v) is 6.90. The molecule has 3 nitrogen and oxygen atoms in total. The van der Waals surface area contributed by atoms with Gasteiger partial charge in [0.2, 0.25) is 5.91 Å². The molecule has 0 aliphatic carbocycles. The molecule has 2 rings (SSSR count). The van der Waals surface area contributed by atoms with Crippen LogP contribution >= 0.6 is 39.0 Å². The van der Waals surface area contributed by atoms with Gasteiger partial charge in [-0.15, -0.1) is 11.3 Å². The minimum Gasteiger partial charge on any atom is -0.351 e. The van der Waals surface area contributed by atoms with Gasteiger partial charge in [-0.1, -0.05) is 46.4 Å². The lowest BCUT2D eigenvalue weighted by atomic mass is 10.3. The quantitative estimate of drug-likeness (QED) is 0.846. The van der Waals surface area contributed by atoms with Crippen LogP contribution in [-0.2, 0) is 4.79 Å². The molecule has 0 fully saturated rings. The Bertz CT molecular complexity index is 549. The third kappa shape index (κ3) is 3.83. The van der Waals surface area contributed by atoms with Crippen molar-refractivity contribution in [3.8, 4) is 0 Å². The molecule has 6 heteroatoms. The number of halogens is 1. The zero-order chi connectivity index (χ0) is 13.0. The Balaban J connectivity index is 1.90. The number of amides is 1. The van der Waals surface area contributed by atoms with E-state index in [0.29, 0.717) is 12.3 Å². The number of hydrogen-bond donors (Lipinski definition) is 1. The fourth-order valence-corrected chi connectivity index (χ4v) is 3.32. The van der Waals surface area contributed by atoms with Crippen LogP contribution in [0.4, 0.5) is 0 Å². The summed E-state index contributed by atoms with van der Waals surface area (Å²) >= 11 is 6.26. The maximum Gasteiger partial charge on any atom is 0.230 e. The number of carbonyl (C=O) groups is 1. The Labute approximate surface area is 122 Å². The molecule has 1 heterocycles. The summed E-state index contributed by atoms with van der Waals surface area (Å²) in [4.78, 5) is 16.0. The van der Waals surface area contributed by atoms with Gasteiger partial charge < -0.3 is 5.32 Å². The van der Waals surface area contributed by atoms with Gasteiger partial charge in [-0.3, -0.25) is 4.79 Å². The number of para-hydroxylation sites is 1. The number of hydrogen-bond acceptors (Lipinski definition) is 4. The summed E-state index contributed by atoms with van der Waals surface area (Å²) in [5.41, 5.74) is 0.985. The predicted molar refractivity (Wildman–Crippen MR) is 81.4 cm³/mol. The van der Waals surface area contributed by atoms with Crippen LogP contribution < -0.4 is 5.32 Å². The number of rotatable bonds is 5. The van der Waals surface area contributed by atoms with Gasteiger partial charge in [0.25, 0.3) is 0 Å². The van der Waals surface area contributed by atoms with Gasteiger partial charge in [-0.2, -0.15) is 0 Å². The molecule has 0 atom stereocenters. The number of nitrogens with one attached hydrogen (secondary N) is 1. The lowest BCUT2D eigenvalue weighted by molar-refractivity contribution is -0.118. The average molecular weight is 343 g/mol. The van der Waals surface area contributed by atoms with Gasteiger partial charge in [-0.25, -0.2) is 4.98 Å². The van der Waals surface area contributed by atoms with Crippen molar-refractivity contribution in [3.05, 3.63) is 35.3 Å². The molecule has 1 N–H and O–H groups in total. The van der Waals surface area contributed by atoms with Crippen LogP contribution in [0.15, 0.2) is 39.7 Å². The molecule has 0 aliphatic heterocycles. The van der Waals surface area contributed by atoms with E-state index in [9.17, 15) is 4.79 Å². The first-order valence-corrected chi connectivity index (χ1v) is 7.83. The highest BCUT2D eigenvalue weighted by atomic mass is 79.9. The van der Waals surface area contributed by atoms with E-state index in [4.69, 9.17) is 0 Å². The fourth-order valence-electron chi connectivity index (χ4n) is 1.29. The highest BCUT2D eigenvalue weighted by Gasteiger charge is 2.07. The Kier molecular flexibility index (Phi) is 4.79. The Hall–Kier alpha value is -0.850. The van der Waals surface area contributed by atoms with Crippen molar-refractivity contribution < 1.29 is 4.79 Å². The van der Waals surface area contributed by atoms with E-state index in [2.05, 4.69) is 32.8 Å². The monoisotopic (exact) mass is 342 g/mol. The summed E-state index contributed by atoms with van der Waals surface area (Å²) in [6.07, 6.45) is 0. The number of fused-ring (bicyclic) bond motifs is 1. The van der Waals surface area contributed by atoms with Crippen LogP contribution in [0.25, 0.3) is 10.2 Å². The van der Waals surface area contributed by atoms with Gasteiger partial charge in [0.15, 0.2) is 4.34 Å². The average Bonchev–Trinajstić information content (AvgIpc) is 2.76. The summed E-state index contributed by atoms with van der Waals surface area (Å²) in [5.74, 6) is 0.361. The van der Waals surface area contributed by atoms with Crippen molar-refractivity contribution in [2.45, 2.75) is 4.34 Å². The summed E-state index contributed by atoms with van der Waals surface area (Å²) < 4.78 is 2.83. The summed E-state index contributed by atoms with van der Waals surface area (Å²) in [5, 5.41) is 2.76. The molecule has 0 aliphatic rings. The lowest BCUT2D eigenvalue weighted by Gasteiger charge is -2.01. The topological polar surface area (TPSA) is 42.0 Å². The zero-order valence-electron chi connectivity index (χ0n) is 9.48. The summed E-state index contributed by atoms with van der Waals surface area (Å²) in [6, 6.07) is 7.96. The van der Waals surface area contributed by atoms with Crippen molar-refractivity contribution in [2.24, 2.45) is 0 Å². The van der Waals surface area contributed by atoms with Crippen molar-refractivity contribution >= 4 is 55.2 Å². The summed E-state index contributed by atoms with van der Waals surface area (Å²) in [6.45, 7) is 4.12. The largest absolute Gasteiger partial charge is 0.351 e. The number of nitrogens with zero attached hydrogens (tertiary/aromatic N) is 1. The van der Waals surface area contributed by atoms with Gasteiger partial charge in [0, 0.05) is 11.0 Å². The van der Waals surface area contributed by atoms with E-state index in [1.54, 1.807) is 11.3 Å². The maximum atomic E-state index is 11.5. The molecular formula is C12H11BrN2OS2. The molecule has 0 bridgehead atoms. The molecular weight excluding hydrogens is 332 g/mol. The normalized spacial score (nSPS) is 10.5. The molecule has 18 heavy (non-hydrogen) atoms. The van der Waals surface area contributed by atoms with Gasteiger partial charge in [-0.05, 0) is 12.1 Å². The van der Waals surface area contributed by atoms with Gasteiger partial charge in [0.05, 0.1) is 16.0 Å². The second kappa shape index (κ2) is 6.36. The molecule has 1 amide bonds. The van der Waals surface area contributed by atoms with E-state index in [1.165, 1.54) is 11.8 Å². The highest BCUT2D eigenvalue weighted by molar-refractivity contribution is 9.11. The van der Waals surface area contributed by atoms with Crippen LogP contribution in [-0.4, -0.2) is 23.2 Å². The molecule has 1 aromatic heterocycles. The standard InChI is InChI=1S/C12H11BrN2OS2/c1-8(13)6-14-11(16)7-17-12-15-9-4-2-3-5-10(9)18-12/h2-5H,1,6-7H2,(H,14,16). The summed E-state index contributed by atoms with van der Waals surface area (Å²) in [7, 11) is 0. The Morgan fingerprint density at radius 1 is 1.50 bits per heavy atom. The van der Waals surface area contributed by atoms with Crippen molar-refractivity contribution in [1.29, 1.82) is 0 Å². The molecule has 0 unspecified atom stereocenters. The second-order valence-electron chi connectivity index (χ2n) is 3.53. The number of thioether (sulfide) groups is 1. The lowest BCUT2D eigenvalue weighted by Crippen LogP contribution is -2.25. The minimum atomic E-state index is -0.0140. The maximum absolute atomic E-state index is 11.5. The molecule has 94 valence electrons. The minimum absolute atomic E-state index is 0.0140. The van der Waals surface area contributed by atoms with E-state index < -0.39 is 0 Å². The first-order valence-electron chi connectivity index (χ1n) is 5.23. The number of benzene rings is 1. The third-order valence-corrected chi connectivity index (χ3v) is 4.54. The molecule has 0 spiro atoms. The smallest absolute Gasteiger partial charge is 0.230 e. The number of thiazole rings is 1. The SMILES string of the molecule is C=C(Br)CNC(=O)CSc1nc2ccccc2s1. The van der Waals surface area contributed by atoms with Crippen LogP contribution in [0.5, 0.6) is 0 Å². The van der Waals surface area contributed by atoms with Crippen LogP contribution in [0, 0.1) is 0 Å². The van der Waals surface area contributed by atoms with E-state index in [-0.39, 0.29) is 5.91 Å². The number of aromatic nitrogens is 1.